The maximum atomic E-state index is 13.6. The predicted molar refractivity (Wildman–Crippen MR) is 142 cm³/mol. The molecule has 0 bridgehead atoms. The number of rotatable bonds is 7. The summed E-state index contributed by atoms with van der Waals surface area (Å²) in [6, 6.07) is 22.8. The second-order valence-corrected chi connectivity index (χ2v) is 8.78. The number of aromatic nitrogens is 2. The van der Waals surface area contributed by atoms with E-state index in [2.05, 4.69) is 4.98 Å². The minimum absolute atomic E-state index is 0.0148. The number of hydrogen-bond acceptors (Lipinski definition) is 4. The van der Waals surface area contributed by atoms with E-state index < -0.39 is 5.97 Å². The largest absolute Gasteiger partial charge is 0.481 e. The summed E-state index contributed by atoms with van der Waals surface area (Å²) < 4.78 is 1.98. The number of amidine groups is 1. The number of hydrogen-bond donors (Lipinski definition) is 3. The predicted octanol–water partition coefficient (Wildman–Crippen LogP) is 4.42. The van der Waals surface area contributed by atoms with Crippen LogP contribution in [0.1, 0.15) is 39.3 Å². The standard InChI is InChI=1S/C29H25N5O3/c30-28(31)22-11-8-19(9-12-22)6-7-20-10-13-24-23(16-20)29(37)33(15-14-27(35)36)18-26-32-17-25(34(24)26)21-4-2-1-3-5-21/h1-13,16-17H,14-15,18H2,(H3,30,31)(H,35,36)/b7-6+. The van der Waals surface area contributed by atoms with Crippen LogP contribution >= 0.6 is 0 Å². The lowest BCUT2D eigenvalue weighted by Gasteiger charge is -2.19. The number of carbonyl (C=O) groups is 2. The van der Waals surface area contributed by atoms with Gasteiger partial charge in [-0.3, -0.25) is 19.6 Å². The van der Waals surface area contributed by atoms with Crippen LogP contribution in [0.3, 0.4) is 0 Å². The number of imidazole rings is 1. The quantitative estimate of drug-likeness (QED) is 0.200. The van der Waals surface area contributed by atoms with Gasteiger partial charge in [-0.25, -0.2) is 4.98 Å². The number of carbonyl (C=O) groups excluding carboxylic acids is 1. The molecular formula is C29H25N5O3. The third kappa shape index (κ3) is 4.90. The van der Waals surface area contributed by atoms with E-state index in [0.717, 1.165) is 22.4 Å². The highest BCUT2D eigenvalue weighted by atomic mass is 16.4. The molecule has 0 atom stereocenters. The molecular weight excluding hydrogens is 466 g/mol. The SMILES string of the molecule is N=C(N)c1ccc(/C=C/c2ccc3c(c2)C(=O)N(CCC(=O)O)Cc2ncc(-c4ccccc4)n2-3)cc1. The molecule has 0 saturated carbocycles. The van der Waals surface area contributed by atoms with E-state index in [0.29, 0.717) is 22.6 Å². The van der Waals surface area contributed by atoms with Gasteiger partial charge in [0.25, 0.3) is 5.91 Å². The summed E-state index contributed by atoms with van der Waals surface area (Å²) >= 11 is 0. The molecule has 0 aliphatic carbocycles. The Hall–Kier alpha value is -4.98. The van der Waals surface area contributed by atoms with Crippen molar-refractivity contribution in [3.63, 3.8) is 0 Å². The van der Waals surface area contributed by atoms with E-state index in [1.165, 1.54) is 0 Å². The molecule has 1 amide bonds. The van der Waals surface area contributed by atoms with Gasteiger partial charge in [0, 0.05) is 17.7 Å². The van der Waals surface area contributed by atoms with Gasteiger partial charge in [-0.1, -0.05) is 72.8 Å². The Kier molecular flexibility index (Phi) is 6.38. The Balaban J connectivity index is 1.56. The summed E-state index contributed by atoms with van der Waals surface area (Å²) in [5.41, 5.74) is 11.0. The zero-order valence-electron chi connectivity index (χ0n) is 20.0. The average Bonchev–Trinajstić information content (AvgIpc) is 3.28. The molecule has 37 heavy (non-hydrogen) atoms. The molecule has 0 spiro atoms. The molecule has 4 N–H and O–H groups in total. The number of carboxylic acid groups (broad SMARTS) is 1. The Bertz CT molecular complexity index is 1520. The van der Waals surface area contributed by atoms with Gasteiger partial charge in [0.15, 0.2) is 0 Å². The highest BCUT2D eigenvalue weighted by molar-refractivity contribution is 6.00. The highest BCUT2D eigenvalue weighted by Gasteiger charge is 2.29. The third-order valence-electron chi connectivity index (χ3n) is 6.30. The lowest BCUT2D eigenvalue weighted by molar-refractivity contribution is -0.137. The second-order valence-electron chi connectivity index (χ2n) is 8.78. The summed E-state index contributed by atoms with van der Waals surface area (Å²) in [7, 11) is 0. The molecule has 2 heterocycles. The van der Waals surface area contributed by atoms with E-state index in [1.54, 1.807) is 23.2 Å². The fourth-order valence-electron chi connectivity index (χ4n) is 4.40. The first kappa shape index (κ1) is 23.7. The lowest BCUT2D eigenvalue weighted by Crippen LogP contribution is -2.32. The molecule has 1 aliphatic rings. The van der Waals surface area contributed by atoms with E-state index in [-0.39, 0.29) is 31.3 Å². The average molecular weight is 492 g/mol. The summed E-state index contributed by atoms with van der Waals surface area (Å²) in [6.07, 6.45) is 5.48. The maximum absolute atomic E-state index is 13.6. The van der Waals surface area contributed by atoms with Crippen molar-refractivity contribution in [2.24, 2.45) is 5.73 Å². The molecule has 5 rings (SSSR count). The van der Waals surface area contributed by atoms with E-state index in [1.807, 2.05) is 77.4 Å². The number of nitrogens with two attached hydrogens (primary N) is 1. The van der Waals surface area contributed by atoms with Gasteiger partial charge in [0.2, 0.25) is 0 Å². The molecule has 0 unspecified atom stereocenters. The van der Waals surface area contributed by atoms with Gasteiger partial charge in [-0.2, -0.15) is 0 Å². The van der Waals surface area contributed by atoms with E-state index in [4.69, 9.17) is 11.1 Å². The van der Waals surface area contributed by atoms with Crippen molar-refractivity contribution in [2.75, 3.05) is 6.54 Å². The van der Waals surface area contributed by atoms with Crippen molar-refractivity contribution >= 4 is 29.9 Å². The first-order chi connectivity index (χ1) is 17.9. The molecule has 8 heteroatoms. The van der Waals surface area contributed by atoms with Gasteiger partial charge >= 0.3 is 5.97 Å². The number of carboxylic acids is 1. The van der Waals surface area contributed by atoms with Crippen molar-refractivity contribution in [3.05, 3.63) is 107 Å². The number of nitrogens with zero attached hydrogens (tertiary/aromatic N) is 3. The van der Waals surface area contributed by atoms with Crippen LogP contribution in [0.2, 0.25) is 0 Å². The smallest absolute Gasteiger partial charge is 0.305 e. The second kappa shape index (κ2) is 9.94. The zero-order valence-corrected chi connectivity index (χ0v) is 20.0. The van der Waals surface area contributed by atoms with E-state index >= 15 is 0 Å². The van der Waals surface area contributed by atoms with Gasteiger partial charge in [-0.15, -0.1) is 0 Å². The first-order valence-electron chi connectivity index (χ1n) is 11.8. The van der Waals surface area contributed by atoms with Crippen LogP contribution in [0.5, 0.6) is 0 Å². The summed E-state index contributed by atoms with van der Waals surface area (Å²) in [5.74, 6) is -0.508. The molecule has 1 aromatic heterocycles. The van der Waals surface area contributed by atoms with Crippen molar-refractivity contribution in [1.82, 2.24) is 14.5 Å². The fraction of sp³-hybridized carbons (Fsp3) is 0.103. The molecule has 8 nitrogen and oxygen atoms in total. The monoisotopic (exact) mass is 491 g/mol. The fourth-order valence-corrected chi connectivity index (χ4v) is 4.40. The number of nitrogens with one attached hydrogen (secondary N) is 1. The third-order valence-corrected chi connectivity index (χ3v) is 6.30. The first-order valence-corrected chi connectivity index (χ1v) is 11.8. The van der Waals surface area contributed by atoms with Gasteiger partial charge in [0.05, 0.1) is 36.1 Å². The normalized spacial score (nSPS) is 12.8. The lowest BCUT2D eigenvalue weighted by atomic mass is 10.0. The molecule has 0 fully saturated rings. The number of fused-ring (bicyclic) bond motifs is 3. The molecule has 3 aromatic carbocycles. The molecule has 4 aromatic rings. The Morgan fingerprint density at radius 2 is 1.73 bits per heavy atom. The maximum Gasteiger partial charge on any atom is 0.305 e. The van der Waals surface area contributed by atoms with Crippen LogP contribution in [0.15, 0.2) is 79.0 Å². The van der Waals surface area contributed by atoms with Gasteiger partial charge in [0.1, 0.15) is 11.7 Å². The summed E-state index contributed by atoms with van der Waals surface area (Å²) in [6.45, 7) is 0.297. The number of amides is 1. The van der Waals surface area contributed by atoms with Crippen molar-refractivity contribution in [1.29, 1.82) is 5.41 Å². The molecule has 1 aliphatic heterocycles. The van der Waals surface area contributed by atoms with Crippen molar-refractivity contribution in [3.8, 4) is 16.9 Å². The van der Waals surface area contributed by atoms with Crippen LogP contribution < -0.4 is 5.73 Å². The van der Waals surface area contributed by atoms with E-state index in [9.17, 15) is 14.7 Å². The van der Waals surface area contributed by atoms with Gasteiger partial charge in [-0.05, 0) is 23.3 Å². The Morgan fingerprint density at radius 3 is 2.43 bits per heavy atom. The van der Waals surface area contributed by atoms with Crippen LogP contribution in [0.25, 0.3) is 29.1 Å². The Labute approximate surface area is 213 Å². The molecule has 0 radical (unpaired) electrons. The number of aliphatic carboxylic acids is 1. The topological polar surface area (TPSA) is 125 Å². The zero-order chi connectivity index (χ0) is 25.9. The van der Waals surface area contributed by atoms with Crippen LogP contribution in [0, 0.1) is 5.41 Å². The number of nitrogen functional groups attached to an aromatic ring is 1. The van der Waals surface area contributed by atoms with Crippen LogP contribution in [-0.4, -0.2) is 43.8 Å². The summed E-state index contributed by atoms with van der Waals surface area (Å²) in [4.78, 5) is 31.0. The minimum Gasteiger partial charge on any atom is -0.481 e. The van der Waals surface area contributed by atoms with Crippen molar-refractivity contribution in [2.45, 2.75) is 13.0 Å². The van der Waals surface area contributed by atoms with Crippen molar-refractivity contribution < 1.29 is 14.7 Å². The summed E-state index contributed by atoms with van der Waals surface area (Å²) in [5, 5.41) is 16.8. The minimum atomic E-state index is -0.960. The number of benzene rings is 3. The molecule has 184 valence electrons. The van der Waals surface area contributed by atoms with Crippen LogP contribution in [-0.2, 0) is 11.3 Å². The Morgan fingerprint density at radius 1 is 1.03 bits per heavy atom. The van der Waals surface area contributed by atoms with Crippen LogP contribution in [0.4, 0.5) is 0 Å². The highest BCUT2D eigenvalue weighted by Crippen LogP contribution is 2.32. The van der Waals surface area contributed by atoms with Gasteiger partial charge < -0.3 is 15.7 Å². The molecule has 0 saturated heterocycles.